The first-order chi connectivity index (χ1) is 6.77. The molecule has 2 heterocycles. The summed E-state index contributed by atoms with van der Waals surface area (Å²) in [7, 11) is 1.84. The molecular weight excluding hydrogens is 176 g/mol. The minimum absolute atomic E-state index is 0.724. The molecule has 0 spiro atoms. The van der Waals surface area contributed by atoms with Crippen molar-refractivity contribution in [2.75, 3.05) is 5.73 Å². The third-order valence-corrected chi connectivity index (χ3v) is 2.21. The van der Waals surface area contributed by atoms with Crippen LogP contribution in [0.25, 0.3) is 0 Å². The zero-order valence-electron chi connectivity index (χ0n) is 8.01. The second kappa shape index (κ2) is 3.49. The van der Waals surface area contributed by atoms with Gasteiger partial charge >= 0.3 is 0 Å². The van der Waals surface area contributed by atoms with Gasteiger partial charge < -0.3 is 5.73 Å². The predicted molar refractivity (Wildman–Crippen MR) is 54.7 cm³/mol. The van der Waals surface area contributed by atoms with E-state index in [2.05, 4.69) is 10.1 Å². The number of nitrogen functional groups attached to an aromatic ring is 1. The molecule has 0 aliphatic rings. The summed E-state index contributed by atoms with van der Waals surface area (Å²) in [6.07, 6.45) is 6.17. The average molecular weight is 188 g/mol. The van der Waals surface area contributed by atoms with E-state index in [-0.39, 0.29) is 0 Å². The largest absolute Gasteiger partial charge is 0.384 e. The Bertz CT molecular complexity index is 419. The van der Waals surface area contributed by atoms with Crippen LogP contribution in [-0.2, 0) is 13.5 Å². The van der Waals surface area contributed by atoms with Crippen molar-refractivity contribution < 1.29 is 0 Å². The van der Waals surface area contributed by atoms with Gasteiger partial charge in [-0.3, -0.25) is 9.67 Å². The molecule has 72 valence electrons. The quantitative estimate of drug-likeness (QED) is 0.764. The van der Waals surface area contributed by atoms with Crippen LogP contribution in [0.5, 0.6) is 0 Å². The fourth-order valence-corrected chi connectivity index (χ4v) is 1.35. The molecule has 0 aliphatic carbocycles. The molecule has 0 aromatic carbocycles. The smallest absolute Gasteiger partial charge is 0.124 e. The van der Waals surface area contributed by atoms with Gasteiger partial charge in [-0.15, -0.1) is 0 Å². The zero-order chi connectivity index (χ0) is 9.97. The molecule has 0 atom stereocenters. The second-order valence-corrected chi connectivity index (χ2v) is 3.21. The lowest BCUT2D eigenvalue weighted by Gasteiger charge is -2.00. The molecule has 4 nitrogen and oxygen atoms in total. The molecule has 2 aromatic heterocycles. The van der Waals surface area contributed by atoms with Crippen LogP contribution in [0.4, 0.5) is 5.82 Å². The van der Waals surface area contributed by atoms with Crippen molar-refractivity contribution in [2.45, 2.75) is 6.42 Å². The molecule has 14 heavy (non-hydrogen) atoms. The van der Waals surface area contributed by atoms with Gasteiger partial charge in [-0.25, -0.2) is 0 Å². The number of nitrogens with zero attached hydrogens (tertiary/aromatic N) is 3. The highest BCUT2D eigenvalue weighted by atomic mass is 15.3. The van der Waals surface area contributed by atoms with E-state index in [4.69, 9.17) is 5.73 Å². The van der Waals surface area contributed by atoms with Gasteiger partial charge in [0.25, 0.3) is 0 Å². The molecule has 0 amide bonds. The van der Waals surface area contributed by atoms with Gasteiger partial charge in [0.1, 0.15) is 5.82 Å². The molecule has 2 N–H and O–H groups in total. The summed E-state index contributed by atoms with van der Waals surface area (Å²) in [5, 5.41) is 4.09. The van der Waals surface area contributed by atoms with Gasteiger partial charge in [-0.1, -0.05) is 0 Å². The number of aryl methyl sites for hydroxylation is 1. The van der Waals surface area contributed by atoms with Crippen LogP contribution in [0, 0.1) is 0 Å². The van der Waals surface area contributed by atoms with E-state index in [1.54, 1.807) is 23.3 Å². The van der Waals surface area contributed by atoms with E-state index in [1.807, 2.05) is 19.2 Å². The molecule has 4 heteroatoms. The molecule has 0 fully saturated rings. The Labute approximate surface area is 82.4 Å². The minimum Gasteiger partial charge on any atom is -0.384 e. The number of rotatable bonds is 2. The Hall–Kier alpha value is -1.84. The lowest BCUT2D eigenvalue weighted by molar-refractivity contribution is 0.778. The molecule has 0 saturated carbocycles. The van der Waals surface area contributed by atoms with E-state index >= 15 is 0 Å². The van der Waals surface area contributed by atoms with Crippen LogP contribution in [0.2, 0.25) is 0 Å². The van der Waals surface area contributed by atoms with Crippen molar-refractivity contribution >= 4 is 5.82 Å². The summed E-state index contributed by atoms with van der Waals surface area (Å²) >= 11 is 0. The fraction of sp³-hybridized carbons (Fsp3) is 0.200. The van der Waals surface area contributed by atoms with Crippen molar-refractivity contribution in [3.05, 3.63) is 41.9 Å². The number of pyridine rings is 1. The number of nitrogens with two attached hydrogens (primary N) is 1. The number of anilines is 1. The standard InChI is InChI=1S/C10H12N4/c1-14-10(11)9(7-13-14)6-8-2-4-12-5-3-8/h2-5,7H,6,11H2,1H3. The molecule has 0 unspecified atom stereocenters. The van der Waals surface area contributed by atoms with Crippen molar-refractivity contribution in [1.29, 1.82) is 0 Å². The van der Waals surface area contributed by atoms with Crippen LogP contribution in [0.3, 0.4) is 0 Å². The highest BCUT2D eigenvalue weighted by molar-refractivity contribution is 5.41. The summed E-state index contributed by atoms with van der Waals surface area (Å²) in [5.74, 6) is 0.724. The molecule has 0 radical (unpaired) electrons. The van der Waals surface area contributed by atoms with Gasteiger partial charge in [0.15, 0.2) is 0 Å². The van der Waals surface area contributed by atoms with E-state index in [9.17, 15) is 0 Å². The maximum absolute atomic E-state index is 5.84. The Morgan fingerprint density at radius 2 is 2.07 bits per heavy atom. The van der Waals surface area contributed by atoms with Gasteiger partial charge in [0.05, 0.1) is 6.20 Å². The lowest BCUT2D eigenvalue weighted by atomic mass is 10.1. The summed E-state index contributed by atoms with van der Waals surface area (Å²) in [4.78, 5) is 3.96. The van der Waals surface area contributed by atoms with Crippen molar-refractivity contribution in [1.82, 2.24) is 14.8 Å². The number of aromatic nitrogens is 3. The predicted octanol–water partition coefficient (Wildman–Crippen LogP) is 0.988. The SMILES string of the molecule is Cn1ncc(Cc2ccncc2)c1N. The zero-order valence-corrected chi connectivity index (χ0v) is 8.01. The molecule has 0 bridgehead atoms. The van der Waals surface area contributed by atoms with Crippen molar-refractivity contribution in [3.63, 3.8) is 0 Å². The average Bonchev–Trinajstić information content (AvgIpc) is 2.52. The van der Waals surface area contributed by atoms with E-state index in [0.717, 1.165) is 17.8 Å². The Morgan fingerprint density at radius 3 is 2.64 bits per heavy atom. The third-order valence-electron chi connectivity index (χ3n) is 2.21. The van der Waals surface area contributed by atoms with Crippen LogP contribution in [0.1, 0.15) is 11.1 Å². The normalized spacial score (nSPS) is 10.4. The topological polar surface area (TPSA) is 56.7 Å². The van der Waals surface area contributed by atoms with Crippen LogP contribution in [0.15, 0.2) is 30.7 Å². The van der Waals surface area contributed by atoms with E-state index in [1.165, 1.54) is 5.56 Å². The number of hydrogen-bond acceptors (Lipinski definition) is 3. The van der Waals surface area contributed by atoms with Crippen molar-refractivity contribution in [3.8, 4) is 0 Å². The maximum Gasteiger partial charge on any atom is 0.124 e. The minimum atomic E-state index is 0.724. The Morgan fingerprint density at radius 1 is 1.36 bits per heavy atom. The lowest BCUT2D eigenvalue weighted by Crippen LogP contribution is -2.00. The first-order valence-electron chi connectivity index (χ1n) is 4.42. The molecule has 0 saturated heterocycles. The van der Waals surface area contributed by atoms with Crippen LogP contribution >= 0.6 is 0 Å². The molecule has 2 aromatic rings. The van der Waals surface area contributed by atoms with E-state index in [0.29, 0.717) is 0 Å². The van der Waals surface area contributed by atoms with Gasteiger partial charge in [0, 0.05) is 31.4 Å². The molecular formula is C10H12N4. The first kappa shape index (κ1) is 8.74. The molecule has 0 aliphatic heterocycles. The summed E-state index contributed by atoms with van der Waals surface area (Å²) in [6.45, 7) is 0. The fourth-order valence-electron chi connectivity index (χ4n) is 1.35. The van der Waals surface area contributed by atoms with Gasteiger partial charge in [-0.05, 0) is 17.7 Å². The van der Waals surface area contributed by atoms with Crippen LogP contribution in [-0.4, -0.2) is 14.8 Å². The molecule has 2 rings (SSSR count). The maximum atomic E-state index is 5.84. The van der Waals surface area contributed by atoms with Crippen molar-refractivity contribution in [2.24, 2.45) is 7.05 Å². The third kappa shape index (κ3) is 1.59. The summed E-state index contributed by atoms with van der Waals surface area (Å²) < 4.78 is 1.68. The number of hydrogen-bond donors (Lipinski definition) is 1. The van der Waals surface area contributed by atoms with Crippen LogP contribution < -0.4 is 5.73 Å². The summed E-state index contributed by atoms with van der Waals surface area (Å²) in [6, 6.07) is 3.96. The van der Waals surface area contributed by atoms with Gasteiger partial charge in [-0.2, -0.15) is 5.10 Å². The highest BCUT2D eigenvalue weighted by Gasteiger charge is 2.04. The monoisotopic (exact) mass is 188 g/mol. The summed E-state index contributed by atoms with van der Waals surface area (Å²) in [5.41, 5.74) is 8.08. The Kier molecular flexibility index (Phi) is 2.18. The second-order valence-electron chi connectivity index (χ2n) is 3.21. The Balaban J connectivity index is 2.23. The highest BCUT2D eigenvalue weighted by Crippen LogP contribution is 2.14. The first-order valence-corrected chi connectivity index (χ1v) is 4.42. The van der Waals surface area contributed by atoms with Gasteiger partial charge in [0.2, 0.25) is 0 Å². The van der Waals surface area contributed by atoms with E-state index < -0.39 is 0 Å².